The first-order valence-corrected chi connectivity index (χ1v) is 10.9. The van der Waals surface area contributed by atoms with Crippen molar-refractivity contribution in [3.63, 3.8) is 0 Å². The number of anilines is 2. The van der Waals surface area contributed by atoms with Gasteiger partial charge in [0.2, 0.25) is 11.8 Å². The maximum absolute atomic E-state index is 12.6. The molecule has 0 spiro atoms. The summed E-state index contributed by atoms with van der Waals surface area (Å²) in [5.41, 5.74) is 0.929. The van der Waals surface area contributed by atoms with Crippen molar-refractivity contribution in [1.29, 1.82) is 0 Å². The monoisotopic (exact) mass is 473 g/mol. The number of halogens is 1. The molecule has 0 aliphatic carbocycles. The normalized spacial score (nSPS) is 10.5. The maximum atomic E-state index is 12.6. The number of benzene rings is 2. The molecule has 9 nitrogen and oxygen atoms in total. The topological polar surface area (TPSA) is 126 Å². The van der Waals surface area contributed by atoms with E-state index in [4.69, 9.17) is 16.3 Å². The van der Waals surface area contributed by atoms with Gasteiger partial charge in [-0.15, -0.1) is 10.2 Å². The third kappa shape index (κ3) is 5.86. The van der Waals surface area contributed by atoms with Gasteiger partial charge in [-0.2, -0.15) is 0 Å². The molecule has 0 aliphatic heterocycles. The van der Waals surface area contributed by atoms with E-state index in [9.17, 15) is 14.4 Å². The number of carbonyl (C=O) groups excluding carboxylic acids is 2. The van der Waals surface area contributed by atoms with E-state index in [2.05, 4.69) is 25.8 Å². The zero-order valence-electron chi connectivity index (χ0n) is 17.3. The summed E-state index contributed by atoms with van der Waals surface area (Å²) in [6.07, 6.45) is 0.301. The van der Waals surface area contributed by atoms with Gasteiger partial charge in [0.15, 0.2) is 10.9 Å². The minimum Gasteiger partial charge on any atom is -0.495 e. The second kappa shape index (κ2) is 10.8. The number of amides is 2. The second-order valence-electron chi connectivity index (χ2n) is 6.44. The molecule has 166 valence electrons. The van der Waals surface area contributed by atoms with Crippen LogP contribution < -0.4 is 20.9 Å². The van der Waals surface area contributed by atoms with Crippen LogP contribution in [-0.4, -0.2) is 39.9 Å². The number of ether oxygens (including phenoxy) is 1. The third-order valence-corrected chi connectivity index (χ3v) is 5.33. The van der Waals surface area contributed by atoms with Crippen LogP contribution in [0.25, 0.3) is 11.3 Å². The van der Waals surface area contributed by atoms with E-state index < -0.39 is 5.56 Å². The Bertz CT molecular complexity index is 1200. The van der Waals surface area contributed by atoms with Crippen molar-refractivity contribution in [2.24, 2.45) is 0 Å². The Balaban J connectivity index is 1.70. The molecule has 2 aromatic carbocycles. The van der Waals surface area contributed by atoms with E-state index in [-0.39, 0.29) is 28.4 Å². The van der Waals surface area contributed by atoms with Gasteiger partial charge >= 0.3 is 0 Å². The van der Waals surface area contributed by atoms with Gasteiger partial charge in [0.25, 0.3) is 5.56 Å². The molecule has 0 saturated heterocycles. The van der Waals surface area contributed by atoms with Crippen molar-refractivity contribution >= 4 is 46.6 Å². The molecule has 1 aromatic heterocycles. The minimum absolute atomic E-state index is 0.0250. The van der Waals surface area contributed by atoms with Crippen LogP contribution in [0.3, 0.4) is 0 Å². The highest BCUT2D eigenvalue weighted by Crippen LogP contribution is 2.28. The average Bonchev–Trinajstić information content (AvgIpc) is 2.78. The number of rotatable bonds is 8. The first-order chi connectivity index (χ1) is 15.4. The van der Waals surface area contributed by atoms with Crippen molar-refractivity contribution < 1.29 is 14.3 Å². The molecule has 11 heteroatoms. The predicted molar refractivity (Wildman–Crippen MR) is 124 cm³/mol. The summed E-state index contributed by atoms with van der Waals surface area (Å²) in [4.78, 5) is 39.3. The number of hydrogen-bond donors (Lipinski definition) is 3. The number of carbonyl (C=O) groups is 2. The molecular weight excluding hydrogens is 454 g/mol. The van der Waals surface area contributed by atoms with E-state index in [0.717, 1.165) is 11.8 Å². The Labute approximate surface area is 192 Å². The van der Waals surface area contributed by atoms with Crippen LogP contribution in [0.2, 0.25) is 5.02 Å². The van der Waals surface area contributed by atoms with E-state index in [1.54, 1.807) is 49.4 Å². The van der Waals surface area contributed by atoms with Crippen molar-refractivity contribution in [2.75, 3.05) is 23.5 Å². The number of nitrogens with zero attached hydrogens (tertiary/aromatic N) is 2. The minimum atomic E-state index is -0.488. The van der Waals surface area contributed by atoms with Crippen LogP contribution in [-0.2, 0) is 9.59 Å². The molecule has 0 unspecified atom stereocenters. The zero-order chi connectivity index (χ0) is 23.1. The lowest BCUT2D eigenvalue weighted by Crippen LogP contribution is -2.18. The Morgan fingerprint density at radius 3 is 2.56 bits per heavy atom. The summed E-state index contributed by atoms with van der Waals surface area (Å²) < 4.78 is 5.20. The van der Waals surface area contributed by atoms with Crippen LogP contribution in [0.4, 0.5) is 11.4 Å². The van der Waals surface area contributed by atoms with Crippen molar-refractivity contribution in [3.05, 3.63) is 57.8 Å². The van der Waals surface area contributed by atoms with Gasteiger partial charge < -0.3 is 15.4 Å². The van der Waals surface area contributed by atoms with Gasteiger partial charge in [0, 0.05) is 17.0 Å². The van der Waals surface area contributed by atoms with Gasteiger partial charge in [0.1, 0.15) is 5.75 Å². The van der Waals surface area contributed by atoms with Gasteiger partial charge in [-0.25, -0.2) is 0 Å². The number of aromatic nitrogens is 3. The summed E-state index contributed by atoms with van der Waals surface area (Å²) >= 11 is 6.98. The smallest absolute Gasteiger partial charge is 0.278 e. The predicted octanol–water partition coefficient (Wildman–Crippen LogP) is 3.57. The van der Waals surface area contributed by atoms with E-state index in [0.29, 0.717) is 34.1 Å². The van der Waals surface area contributed by atoms with Crippen molar-refractivity contribution in [3.8, 4) is 17.0 Å². The molecule has 1 heterocycles. The highest BCUT2D eigenvalue weighted by molar-refractivity contribution is 7.99. The average molecular weight is 474 g/mol. The summed E-state index contributed by atoms with van der Waals surface area (Å²) in [7, 11) is 1.49. The molecule has 0 radical (unpaired) electrons. The molecule has 32 heavy (non-hydrogen) atoms. The molecule has 2 amide bonds. The van der Waals surface area contributed by atoms with E-state index in [1.165, 1.54) is 7.11 Å². The Kier molecular flexibility index (Phi) is 7.85. The Morgan fingerprint density at radius 1 is 1.09 bits per heavy atom. The van der Waals surface area contributed by atoms with Crippen LogP contribution in [0, 0.1) is 0 Å². The first kappa shape index (κ1) is 23.3. The number of hydrogen-bond acceptors (Lipinski definition) is 7. The molecule has 0 atom stereocenters. The molecule has 0 fully saturated rings. The van der Waals surface area contributed by atoms with Crippen LogP contribution in [0.15, 0.2) is 52.4 Å². The fraction of sp³-hybridized carbons (Fsp3) is 0.190. The van der Waals surface area contributed by atoms with E-state index in [1.807, 2.05) is 0 Å². The van der Waals surface area contributed by atoms with Crippen molar-refractivity contribution in [2.45, 2.75) is 18.5 Å². The molecule has 0 saturated carbocycles. The lowest BCUT2D eigenvalue weighted by Gasteiger charge is -2.10. The fourth-order valence-electron chi connectivity index (χ4n) is 2.70. The third-order valence-electron chi connectivity index (χ3n) is 4.23. The fourth-order valence-corrected chi connectivity index (χ4v) is 3.47. The molecule has 3 N–H and O–H groups in total. The summed E-state index contributed by atoms with van der Waals surface area (Å²) in [6, 6.07) is 11.7. The van der Waals surface area contributed by atoms with Gasteiger partial charge in [-0.3, -0.25) is 19.4 Å². The molecule has 0 aliphatic rings. The summed E-state index contributed by atoms with van der Waals surface area (Å²) in [6.45, 7) is 1.73. The molecule has 3 rings (SSSR count). The molecular formula is C21H20ClN5O4S. The molecule has 3 aromatic rings. The number of H-pyrrole nitrogens is 1. The number of aromatic amines is 1. The van der Waals surface area contributed by atoms with Gasteiger partial charge in [0.05, 0.1) is 24.2 Å². The maximum Gasteiger partial charge on any atom is 0.278 e. The lowest BCUT2D eigenvalue weighted by atomic mass is 10.1. The standard InChI is InChI=1S/C21H20ClN5O4S/c1-3-17(28)23-14-7-5-4-6-13(14)19-20(30)25-21(27-26-19)32-11-18(29)24-15-10-12(22)8-9-16(15)31-2/h4-10H,3,11H2,1-2H3,(H,23,28)(H,24,29)(H,25,27,30). The summed E-state index contributed by atoms with van der Waals surface area (Å²) in [5.74, 6) is -0.0756. The largest absolute Gasteiger partial charge is 0.495 e. The van der Waals surface area contributed by atoms with Crippen LogP contribution in [0.1, 0.15) is 13.3 Å². The highest BCUT2D eigenvalue weighted by atomic mass is 35.5. The highest BCUT2D eigenvalue weighted by Gasteiger charge is 2.15. The number of nitrogens with one attached hydrogen (secondary N) is 3. The Morgan fingerprint density at radius 2 is 1.84 bits per heavy atom. The zero-order valence-corrected chi connectivity index (χ0v) is 18.8. The van der Waals surface area contributed by atoms with E-state index >= 15 is 0 Å². The SMILES string of the molecule is CCC(=O)Nc1ccccc1-c1nnc(SCC(=O)Nc2cc(Cl)ccc2OC)[nH]c1=O. The number of methoxy groups -OCH3 is 1. The number of thioether (sulfide) groups is 1. The quantitative estimate of drug-likeness (QED) is 0.427. The van der Waals surface area contributed by atoms with Gasteiger partial charge in [-0.05, 0) is 24.3 Å². The van der Waals surface area contributed by atoms with Crippen LogP contribution in [0.5, 0.6) is 5.75 Å². The van der Waals surface area contributed by atoms with Crippen molar-refractivity contribution in [1.82, 2.24) is 15.2 Å². The molecule has 0 bridgehead atoms. The lowest BCUT2D eigenvalue weighted by molar-refractivity contribution is -0.116. The second-order valence-corrected chi connectivity index (χ2v) is 7.84. The van der Waals surface area contributed by atoms with Crippen LogP contribution >= 0.6 is 23.4 Å². The number of para-hydroxylation sites is 1. The summed E-state index contributed by atoms with van der Waals surface area (Å²) in [5, 5.41) is 14.1. The van der Waals surface area contributed by atoms with Gasteiger partial charge in [-0.1, -0.05) is 48.5 Å². The first-order valence-electron chi connectivity index (χ1n) is 9.53. The Hall–Kier alpha value is -3.37.